The molecular weight excluding hydrogens is 234 g/mol. The first-order chi connectivity index (χ1) is 9.28. The molecule has 0 aliphatic heterocycles. The molecule has 100 valence electrons. The van der Waals surface area contributed by atoms with Crippen LogP contribution in [0.15, 0.2) is 48.5 Å². The number of rotatable bonds is 6. The molecule has 2 nitrogen and oxygen atoms in total. The highest BCUT2D eigenvalue weighted by Gasteiger charge is 1.97. The highest BCUT2D eigenvalue weighted by atomic mass is 16.5. The predicted molar refractivity (Wildman–Crippen MR) is 78.9 cm³/mol. The van der Waals surface area contributed by atoms with E-state index in [0.717, 1.165) is 13.1 Å². The van der Waals surface area contributed by atoms with E-state index in [1.807, 2.05) is 0 Å². The Hall–Kier alpha value is -1.64. The molecule has 2 rings (SSSR count). The van der Waals surface area contributed by atoms with Crippen molar-refractivity contribution >= 4 is 0 Å². The summed E-state index contributed by atoms with van der Waals surface area (Å²) in [5.41, 5.74) is 5.15. The maximum absolute atomic E-state index is 5.15. The molecule has 0 aromatic heterocycles. The van der Waals surface area contributed by atoms with Crippen molar-refractivity contribution < 1.29 is 4.74 Å². The average molecular weight is 255 g/mol. The molecule has 0 atom stereocenters. The quantitative estimate of drug-likeness (QED) is 0.854. The van der Waals surface area contributed by atoms with Gasteiger partial charge in [-0.2, -0.15) is 0 Å². The second kappa shape index (κ2) is 7.07. The van der Waals surface area contributed by atoms with Crippen molar-refractivity contribution in [3.8, 4) is 0 Å². The zero-order valence-corrected chi connectivity index (χ0v) is 11.6. The summed E-state index contributed by atoms with van der Waals surface area (Å²) in [4.78, 5) is 0. The van der Waals surface area contributed by atoms with Crippen LogP contribution in [0.4, 0.5) is 0 Å². The second-order valence-electron chi connectivity index (χ2n) is 4.85. The van der Waals surface area contributed by atoms with Crippen molar-refractivity contribution in [3.05, 3.63) is 70.8 Å². The summed E-state index contributed by atoms with van der Waals surface area (Å²) in [6.07, 6.45) is 0. The van der Waals surface area contributed by atoms with Crippen molar-refractivity contribution in [1.29, 1.82) is 0 Å². The van der Waals surface area contributed by atoms with Crippen molar-refractivity contribution in [1.82, 2.24) is 5.32 Å². The number of benzene rings is 2. The van der Waals surface area contributed by atoms with Crippen LogP contribution in [0.25, 0.3) is 0 Å². The molecule has 0 saturated carbocycles. The zero-order chi connectivity index (χ0) is 13.5. The van der Waals surface area contributed by atoms with E-state index in [1.165, 1.54) is 22.3 Å². The normalized spacial score (nSPS) is 10.6. The summed E-state index contributed by atoms with van der Waals surface area (Å²) in [7, 11) is 1.72. The lowest BCUT2D eigenvalue weighted by Gasteiger charge is -2.07. The molecule has 0 aliphatic rings. The third-order valence-corrected chi connectivity index (χ3v) is 3.04. The van der Waals surface area contributed by atoms with Gasteiger partial charge in [-0.1, -0.05) is 54.1 Å². The number of nitrogens with one attached hydrogen (secondary N) is 1. The topological polar surface area (TPSA) is 21.3 Å². The molecule has 0 bridgehead atoms. The largest absolute Gasteiger partial charge is 0.380 e. The maximum atomic E-state index is 5.15. The highest BCUT2D eigenvalue weighted by molar-refractivity contribution is 5.24. The molecule has 1 N–H and O–H groups in total. The maximum Gasteiger partial charge on any atom is 0.0713 e. The first kappa shape index (κ1) is 13.8. The molecule has 0 unspecified atom stereocenters. The van der Waals surface area contributed by atoms with Crippen molar-refractivity contribution in [2.24, 2.45) is 0 Å². The smallest absolute Gasteiger partial charge is 0.0713 e. The highest BCUT2D eigenvalue weighted by Crippen LogP contribution is 2.07. The van der Waals surface area contributed by atoms with Crippen LogP contribution in [0.3, 0.4) is 0 Å². The van der Waals surface area contributed by atoms with Gasteiger partial charge in [-0.05, 0) is 23.6 Å². The SMILES string of the molecule is COCc1cccc(CNCc2cccc(C)c2)c1. The fraction of sp³-hybridized carbons (Fsp3) is 0.294. The number of hydrogen-bond acceptors (Lipinski definition) is 2. The summed E-state index contributed by atoms with van der Waals surface area (Å²) in [5.74, 6) is 0. The van der Waals surface area contributed by atoms with E-state index in [2.05, 4.69) is 60.8 Å². The molecule has 0 saturated heterocycles. The van der Waals surface area contributed by atoms with Crippen LogP contribution in [-0.2, 0) is 24.4 Å². The van der Waals surface area contributed by atoms with E-state index in [9.17, 15) is 0 Å². The number of methoxy groups -OCH3 is 1. The summed E-state index contributed by atoms with van der Waals surface area (Å²) in [6.45, 7) is 4.57. The Balaban J connectivity index is 1.87. The van der Waals surface area contributed by atoms with Crippen molar-refractivity contribution in [3.63, 3.8) is 0 Å². The third kappa shape index (κ3) is 4.51. The van der Waals surface area contributed by atoms with Gasteiger partial charge in [0.15, 0.2) is 0 Å². The summed E-state index contributed by atoms with van der Waals surface area (Å²) >= 11 is 0. The Kier molecular flexibility index (Phi) is 5.13. The van der Waals surface area contributed by atoms with Crippen LogP contribution < -0.4 is 5.32 Å². The van der Waals surface area contributed by atoms with Gasteiger partial charge in [-0.25, -0.2) is 0 Å². The van der Waals surface area contributed by atoms with E-state index in [1.54, 1.807) is 7.11 Å². The fourth-order valence-corrected chi connectivity index (χ4v) is 2.17. The first-order valence-electron chi connectivity index (χ1n) is 6.61. The summed E-state index contributed by atoms with van der Waals surface area (Å²) in [5, 5.41) is 3.47. The van der Waals surface area contributed by atoms with Gasteiger partial charge < -0.3 is 10.1 Å². The van der Waals surface area contributed by atoms with Gasteiger partial charge in [0.2, 0.25) is 0 Å². The Morgan fingerprint density at radius 2 is 1.53 bits per heavy atom. The summed E-state index contributed by atoms with van der Waals surface area (Å²) in [6, 6.07) is 17.1. The van der Waals surface area contributed by atoms with Crippen LogP contribution in [0.5, 0.6) is 0 Å². The van der Waals surface area contributed by atoms with Gasteiger partial charge in [0.05, 0.1) is 6.61 Å². The van der Waals surface area contributed by atoms with E-state index < -0.39 is 0 Å². The Bertz CT molecular complexity index is 522. The van der Waals surface area contributed by atoms with Crippen LogP contribution in [0.1, 0.15) is 22.3 Å². The summed E-state index contributed by atoms with van der Waals surface area (Å²) < 4.78 is 5.15. The molecule has 0 fully saturated rings. The molecule has 19 heavy (non-hydrogen) atoms. The van der Waals surface area contributed by atoms with Gasteiger partial charge in [0, 0.05) is 20.2 Å². The molecule has 0 spiro atoms. The van der Waals surface area contributed by atoms with Crippen molar-refractivity contribution in [2.75, 3.05) is 7.11 Å². The average Bonchev–Trinajstić information content (AvgIpc) is 2.40. The van der Waals surface area contributed by atoms with Crippen LogP contribution in [0, 0.1) is 6.92 Å². The van der Waals surface area contributed by atoms with Gasteiger partial charge in [-0.3, -0.25) is 0 Å². The fourth-order valence-electron chi connectivity index (χ4n) is 2.17. The third-order valence-electron chi connectivity index (χ3n) is 3.04. The molecule has 0 amide bonds. The minimum atomic E-state index is 0.672. The van der Waals surface area contributed by atoms with E-state index >= 15 is 0 Å². The van der Waals surface area contributed by atoms with Gasteiger partial charge in [0.25, 0.3) is 0 Å². The minimum Gasteiger partial charge on any atom is -0.380 e. The van der Waals surface area contributed by atoms with Gasteiger partial charge in [-0.15, -0.1) is 0 Å². The lowest BCUT2D eigenvalue weighted by atomic mass is 10.1. The molecular formula is C17H21NO. The zero-order valence-electron chi connectivity index (χ0n) is 11.6. The van der Waals surface area contributed by atoms with Crippen molar-refractivity contribution in [2.45, 2.75) is 26.6 Å². The number of ether oxygens (including phenoxy) is 1. The van der Waals surface area contributed by atoms with Gasteiger partial charge in [0.1, 0.15) is 0 Å². The van der Waals surface area contributed by atoms with E-state index in [4.69, 9.17) is 4.74 Å². The molecule has 0 radical (unpaired) electrons. The van der Waals surface area contributed by atoms with Gasteiger partial charge >= 0.3 is 0 Å². The lowest BCUT2D eigenvalue weighted by molar-refractivity contribution is 0.185. The Morgan fingerprint density at radius 3 is 2.21 bits per heavy atom. The molecule has 2 aromatic rings. The first-order valence-corrected chi connectivity index (χ1v) is 6.61. The Morgan fingerprint density at radius 1 is 0.895 bits per heavy atom. The lowest BCUT2D eigenvalue weighted by Crippen LogP contribution is -2.12. The molecule has 2 aromatic carbocycles. The Labute approximate surface area is 115 Å². The molecule has 0 heterocycles. The number of hydrogen-bond donors (Lipinski definition) is 1. The van der Waals surface area contributed by atoms with Crippen LogP contribution in [0.2, 0.25) is 0 Å². The molecule has 2 heteroatoms. The monoisotopic (exact) mass is 255 g/mol. The van der Waals surface area contributed by atoms with E-state index in [0.29, 0.717) is 6.61 Å². The van der Waals surface area contributed by atoms with Crippen LogP contribution >= 0.6 is 0 Å². The van der Waals surface area contributed by atoms with Crippen LogP contribution in [-0.4, -0.2) is 7.11 Å². The minimum absolute atomic E-state index is 0.672. The predicted octanol–water partition coefficient (Wildman–Crippen LogP) is 3.43. The van der Waals surface area contributed by atoms with E-state index in [-0.39, 0.29) is 0 Å². The number of aryl methyl sites for hydroxylation is 1. The standard InChI is InChI=1S/C17H21NO/c1-14-5-3-6-15(9-14)11-18-12-16-7-4-8-17(10-16)13-19-2/h3-10,18H,11-13H2,1-2H3. The second-order valence-corrected chi connectivity index (χ2v) is 4.85. The molecule has 0 aliphatic carbocycles.